The molecule has 21 heavy (non-hydrogen) atoms. The van der Waals surface area contributed by atoms with Crippen molar-refractivity contribution in [1.82, 2.24) is 15.1 Å². The average molecular weight is 285 g/mol. The lowest BCUT2D eigenvalue weighted by atomic mass is 10.2. The van der Waals surface area contributed by atoms with E-state index in [4.69, 9.17) is 4.74 Å². The highest BCUT2D eigenvalue weighted by Gasteiger charge is 2.19. The Hall–Kier alpha value is -1.81. The molecule has 4 nitrogen and oxygen atoms in total. The monoisotopic (exact) mass is 285 g/mol. The normalized spacial score (nSPS) is 14.4. The standard InChI is InChI=1S/C17H23N3O/c1-3-20-16(10-13(2)19-20)12-21-17-8-4-14(5-9-17)11-18-15-6-7-15/h4-5,8-10,15,18H,3,6-7,11-12H2,1-2H3. The predicted molar refractivity (Wildman–Crippen MR) is 83.3 cm³/mol. The minimum absolute atomic E-state index is 0.564. The molecule has 1 aliphatic rings. The van der Waals surface area contributed by atoms with Crippen molar-refractivity contribution in [2.75, 3.05) is 0 Å². The lowest BCUT2D eigenvalue weighted by Gasteiger charge is -2.09. The highest BCUT2D eigenvalue weighted by molar-refractivity contribution is 5.27. The van der Waals surface area contributed by atoms with Gasteiger partial charge in [0.1, 0.15) is 12.4 Å². The van der Waals surface area contributed by atoms with Crippen LogP contribution < -0.4 is 10.1 Å². The summed E-state index contributed by atoms with van der Waals surface area (Å²) < 4.78 is 7.85. The van der Waals surface area contributed by atoms with E-state index in [-0.39, 0.29) is 0 Å². The molecule has 1 saturated carbocycles. The molecule has 0 radical (unpaired) electrons. The number of benzene rings is 1. The van der Waals surface area contributed by atoms with Gasteiger partial charge in [-0.15, -0.1) is 0 Å². The number of aryl methyl sites for hydroxylation is 2. The van der Waals surface area contributed by atoms with Crippen LogP contribution in [0, 0.1) is 6.92 Å². The highest BCUT2D eigenvalue weighted by Crippen LogP contribution is 2.20. The van der Waals surface area contributed by atoms with Gasteiger partial charge in [0.15, 0.2) is 0 Å². The van der Waals surface area contributed by atoms with E-state index in [0.717, 1.165) is 36.3 Å². The van der Waals surface area contributed by atoms with E-state index >= 15 is 0 Å². The smallest absolute Gasteiger partial charge is 0.130 e. The van der Waals surface area contributed by atoms with Crippen LogP contribution in [-0.2, 0) is 19.7 Å². The van der Waals surface area contributed by atoms with Gasteiger partial charge in [-0.05, 0) is 50.5 Å². The molecule has 0 saturated heterocycles. The predicted octanol–water partition coefficient (Wildman–Crippen LogP) is 3.04. The first-order valence-corrected chi connectivity index (χ1v) is 7.73. The van der Waals surface area contributed by atoms with Crippen molar-refractivity contribution in [3.8, 4) is 5.75 Å². The fourth-order valence-electron chi connectivity index (χ4n) is 2.40. The summed E-state index contributed by atoms with van der Waals surface area (Å²) in [6, 6.07) is 11.2. The largest absolute Gasteiger partial charge is 0.487 e. The average Bonchev–Trinajstić information content (AvgIpc) is 3.26. The van der Waals surface area contributed by atoms with Crippen LogP contribution in [0.3, 0.4) is 0 Å². The van der Waals surface area contributed by atoms with Gasteiger partial charge >= 0.3 is 0 Å². The third kappa shape index (κ3) is 3.85. The Morgan fingerprint density at radius 3 is 2.71 bits per heavy atom. The molecule has 0 aliphatic heterocycles. The number of nitrogens with one attached hydrogen (secondary N) is 1. The van der Waals surface area contributed by atoms with Gasteiger partial charge in [0.05, 0.1) is 11.4 Å². The Labute approximate surface area is 126 Å². The molecule has 0 atom stereocenters. The Balaban J connectivity index is 1.54. The van der Waals surface area contributed by atoms with Crippen LogP contribution in [0.4, 0.5) is 0 Å². The molecule has 0 spiro atoms. The van der Waals surface area contributed by atoms with Crippen molar-refractivity contribution >= 4 is 0 Å². The second-order valence-corrected chi connectivity index (χ2v) is 5.68. The molecule has 1 aromatic heterocycles. The topological polar surface area (TPSA) is 39.1 Å². The van der Waals surface area contributed by atoms with Crippen molar-refractivity contribution in [1.29, 1.82) is 0 Å². The number of nitrogens with zero attached hydrogens (tertiary/aromatic N) is 2. The Kier molecular flexibility index (Phi) is 4.25. The number of hydrogen-bond donors (Lipinski definition) is 1. The number of rotatable bonds is 7. The molecule has 1 aromatic carbocycles. The number of ether oxygens (including phenoxy) is 1. The second-order valence-electron chi connectivity index (χ2n) is 5.68. The zero-order valence-electron chi connectivity index (χ0n) is 12.8. The van der Waals surface area contributed by atoms with E-state index in [1.54, 1.807) is 0 Å². The molecule has 1 aliphatic carbocycles. The van der Waals surface area contributed by atoms with Crippen molar-refractivity contribution in [3.05, 3.63) is 47.3 Å². The SMILES string of the molecule is CCn1nc(C)cc1COc1ccc(CNC2CC2)cc1. The third-order valence-electron chi connectivity index (χ3n) is 3.77. The van der Waals surface area contributed by atoms with E-state index in [2.05, 4.69) is 35.5 Å². The summed E-state index contributed by atoms with van der Waals surface area (Å²) in [6.45, 7) is 6.49. The molecule has 1 heterocycles. The van der Waals surface area contributed by atoms with Gasteiger partial charge in [-0.3, -0.25) is 4.68 Å². The van der Waals surface area contributed by atoms with Gasteiger partial charge in [-0.25, -0.2) is 0 Å². The molecule has 0 unspecified atom stereocenters. The summed E-state index contributed by atoms with van der Waals surface area (Å²) in [5.41, 5.74) is 3.47. The van der Waals surface area contributed by atoms with Gasteiger partial charge in [-0.1, -0.05) is 12.1 Å². The Morgan fingerprint density at radius 2 is 2.05 bits per heavy atom. The quantitative estimate of drug-likeness (QED) is 0.850. The van der Waals surface area contributed by atoms with Crippen molar-refractivity contribution in [2.45, 2.75) is 52.4 Å². The fourth-order valence-corrected chi connectivity index (χ4v) is 2.40. The maximum atomic E-state index is 5.86. The number of hydrogen-bond acceptors (Lipinski definition) is 3. The van der Waals surface area contributed by atoms with Gasteiger partial charge in [0, 0.05) is 19.1 Å². The zero-order valence-corrected chi connectivity index (χ0v) is 12.8. The number of aromatic nitrogens is 2. The lowest BCUT2D eigenvalue weighted by Crippen LogP contribution is -2.15. The van der Waals surface area contributed by atoms with Crippen LogP contribution in [0.15, 0.2) is 30.3 Å². The molecule has 4 heteroatoms. The second kappa shape index (κ2) is 6.31. The molecule has 1 N–H and O–H groups in total. The molecular weight excluding hydrogens is 262 g/mol. The molecule has 0 bridgehead atoms. The van der Waals surface area contributed by atoms with Gasteiger partial charge < -0.3 is 10.1 Å². The van der Waals surface area contributed by atoms with Crippen LogP contribution in [0.25, 0.3) is 0 Å². The Bertz CT molecular complexity index is 585. The molecular formula is C17H23N3O. The summed E-state index contributed by atoms with van der Waals surface area (Å²) in [5, 5.41) is 7.95. The molecule has 112 valence electrons. The minimum Gasteiger partial charge on any atom is -0.487 e. The van der Waals surface area contributed by atoms with Crippen molar-refractivity contribution < 1.29 is 4.74 Å². The fraction of sp³-hybridized carbons (Fsp3) is 0.471. The molecule has 3 rings (SSSR count). The van der Waals surface area contributed by atoms with Gasteiger partial charge in [0.2, 0.25) is 0 Å². The van der Waals surface area contributed by atoms with E-state index < -0.39 is 0 Å². The zero-order chi connectivity index (χ0) is 14.7. The van der Waals surface area contributed by atoms with Crippen molar-refractivity contribution in [3.63, 3.8) is 0 Å². The molecule has 1 fully saturated rings. The first-order chi connectivity index (χ1) is 10.2. The minimum atomic E-state index is 0.564. The maximum absolute atomic E-state index is 5.86. The summed E-state index contributed by atoms with van der Waals surface area (Å²) >= 11 is 0. The van der Waals surface area contributed by atoms with E-state index in [1.165, 1.54) is 18.4 Å². The first-order valence-electron chi connectivity index (χ1n) is 7.73. The molecule has 2 aromatic rings. The van der Waals surface area contributed by atoms with Crippen LogP contribution in [0.5, 0.6) is 5.75 Å². The maximum Gasteiger partial charge on any atom is 0.130 e. The first kappa shape index (κ1) is 14.1. The third-order valence-corrected chi connectivity index (χ3v) is 3.77. The Morgan fingerprint density at radius 1 is 1.29 bits per heavy atom. The van der Waals surface area contributed by atoms with Crippen LogP contribution in [0.1, 0.15) is 36.7 Å². The lowest BCUT2D eigenvalue weighted by molar-refractivity contribution is 0.292. The summed E-state index contributed by atoms with van der Waals surface area (Å²) in [6.07, 6.45) is 2.65. The summed E-state index contributed by atoms with van der Waals surface area (Å²) in [5.74, 6) is 0.909. The highest BCUT2D eigenvalue weighted by atomic mass is 16.5. The van der Waals surface area contributed by atoms with Crippen LogP contribution >= 0.6 is 0 Å². The van der Waals surface area contributed by atoms with Crippen LogP contribution in [0.2, 0.25) is 0 Å². The van der Waals surface area contributed by atoms with E-state index in [0.29, 0.717) is 6.61 Å². The van der Waals surface area contributed by atoms with Gasteiger partial charge in [0.25, 0.3) is 0 Å². The summed E-state index contributed by atoms with van der Waals surface area (Å²) in [7, 11) is 0. The summed E-state index contributed by atoms with van der Waals surface area (Å²) in [4.78, 5) is 0. The van der Waals surface area contributed by atoms with E-state index in [1.807, 2.05) is 23.7 Å². The van der Waals surface area contributed by atoms with Crippen LogP contribution in [-0.4, -0.2) is 15.8 Å². The molecule has 0 amide bonds. The van der Waals surface area contributed by atoms with E-state index in [9.17, 15) is 0 Å². The van der Waals surface area contributed by atoms with Gasteiger partial charge in [-0.2, -0.15) is 5.10 Å². The van der Waals surface area contributed by atoms with Crippen molar-refractivity contribution in [2.24, 2.45) is 0 Å².